The molecule has 7 heteroatoms. The molecule has 0 atom stereocenters. The highest BCUT2D eigenvalue weighted by molar-refractivity contribution is 7.12. The first-order valence-electron chi connectivity index (χ1n) is 8.15. The number of anilines is 1. The predicted molar refractivity (Wildman–Crippen MR) is 93.4 cm³/mol. The van der Waals surface area contributed by atoms with E-state index in [2.05, 4.69) is 24.8 Å². The number of amides is 1. The van der Waals surface area contributed by atoms with Crippen molar-refractivity contribution in [2.24, 2.45) is 0 Å². The molecule has 2 aliphatic rings. The van der Waals surface area contributed by atoms with E-state index in [0.29, 0.717) is 0 Å². The van der Waals surface area contributed by atoms with E-state index < -0.39 is 0 Å². The van der Waals surface area contributed by atoms with Crippen LogP contribution in [0, 0.1) is 0 Å². The third kappa shape index (κ3) is 2.04. The Bertz CT molecular complexity index is 899. The number of thiophene rings is 1. The standard InChI is InChI=1S/C17H17N5OS/c23-16(13-2-1-9-24-13)22-8-7-21(10-17(22)4-5-17)15-12-3-6-18-14(12)19-11-20-15/h1-3,6,9,11H,4-5,7-8,10H2,(H,18,19,20). The van der Waals surface area contributed by atoms with E-state index in [0.717, 1.165) is 54.2 Å². The molecule has 0 radical (unpaired) electrons. The summed E-state index contributed by atoms with van der Waals surface area (Å²) in [5.41, 5.74) is 0.842. The summed E-state index contributed by atoms with van der Waals surface area (Å²) in [7, 11) is 0. The molecule has 1 saturated carbocycles. The molecule has 122 valence electrons. The SMILES string of the molecule is O=C(c1cccs1)N1CCN(c2ncnc3[nH]ccc23)CC12CC2. The molecule has 4 heterocycles. The number of nitrogens with zero attached hydrogens (tertiary/aromatic N) is 4. The van der Waals surface area contributed by atoms with Crippen molar-refractivity contribution in [2.45, 2.75) is 18.4 Å². The second-order valence-electron chi connectivity index (χ2n) is 6.52. The predicted octanol–water partition coefficient (Wildman–Crippen LogP) is 2.51. The van der Waals surface area contributed by atoms with Crippen LogP contribution >= 0.6 is 11.3 Å². The van der Waals surface area contributed by atoms with Gasteiger partial charge in [-0.2, -0.15) is 0 Å². The number of H-pyrrole nitrogens is 1. The van der Waals surface area contributed by atoms with Crippen molar-refractivity contribution in [1.29, 1.82) is 0 Å². The van der Waals surface area contributed by atoms with Crippen LogP contribution in [-0.4, -0.2) is 50.9 Å². The van der Waals surface area contributed by atoms with Gasteiger partial charge in [0.25, 0.3) is 5.91 Å². The maximum absolute atomic E-state index is 12.8. The van der Waals surface area contributed by atoms with E-state index >= 15 is 0 Å². The van der Waals surface area contributed by atoms with E-state index in [1.807, 2.05) is 29.8 Å². The summed E-state index contributed by atoms with van der Waals surface area (Å²) in [5.74, 6) is 1.15. The number of hydrogen-bond donors (Lipinski definition) is 1. The van der Waals surface area contributed by atoms with Crippen molar-refractivity contribution in [3.05, 3.63) is 41.0 Å². The zero-order valence-electron chi connectivity index (χ0n) is 13.1. The molecule has 3 aromatic rings. The third-order valence-corrected chi connectivity index (χ3v) is 5.95. The topological polar surface area (TPSA) is 65.1 Å². The Balaban J connectivity index is 1.44. The third-order valence-electron chi connectivity index (χ3n) is 5.09. The van der Waals surface area contributed by atoms with Crippen LogP contribution < -0.4 is 4.90 Å². The minimum absolute atomic E-state index is 0.0209. The minimum Gasteiger partial charge on any atom is -0.352 e. The number of rotatable bonds is 2. The first kappa shape index (κ1) is 14.0. The first-order chi connectivity index (χ1) is 11.8. The molecule has 0 unspecified atom stereocenters. The summed E-state index contributed by atoms with van der Waals surface area (Å²) < 4.78 is 0. The van der Waals surface area contributed by atoms with Crippen LogP contribution in [0.15, 0.2) is 36.1 Å². The number of hydrogen-bond acceptors (Lipinski definition) is 5. The van der Waals surface area contributed by atoms with E-state index in [1.54, 1.807) is 6.33 Å². The van der Waals surface area contributed by atoms with Gasteiger partial charge in [-0.15, -0.1) is 11.3 Å². The molecule has 1 aliphatic carbocycles. The Kier molecular flexibility index (Phi) is 2.94. The van der Waals surface area contributed by atoms with Gasteiger partial charge < -0.3 is 14.8 Å². The Morgan fingerprint density at radius 1 is 1.25 bits per heavy atom. The van der Waals surface area contributed by atoms with Crippen LogP contribution in [0.3, 0.4) is 0 Å². The monoisotopic (exact) mass is 339 g/mol. The number of carbonyl (C=O) groups excluding carboxylic acids is 1. The van der Waals surface area contributed by atoms with Crippen molar-refractivity contribution in [1.82, 2.24) is 19.9 Å². The Hall–Kier alpha value is -2.41. The summed E-state index contributed by atoms with van der Waals surface area (Å²) >= 11 is 1.52. The van der Waals surface area contributed by atoms with Crippen molar-refractivity contribution in [3.63, 3.8) is 0 Å². The molecule has 2 fully saturated rings. The first-order valence-corrected chi connectivity index (χ1v) is 9.03. The highest BCUT2D eigenvalue weighted by Gasteiger charge is 2.53. The zero-order chi connectivity index (χ0) is 16.1. The molecule has 1 aliphatic heterocycles. The molecule has 1 N–H and O–H groups in total. The summed E-state index contributed by atoms with van der Waals surface area (Å²) in [6.07, 6.45) is 5.65. The smallest absolute Gasteiger partial charge is 0.264 e. The van der Waals surface area contributed by atoms with Gasteiger partial charge in [-0.1, -0.05) is 6.07 Å². The fourth-order valence-electron chi connectivity index (χ4n) is 3.69. The Morgan fingerprint density at radius 3 is 2.96 bits per heavy atom. The van der Waals surface area contributed by atoms with Gasteiger partial charge in [0.05, 0.1) is 15.8 Å². The maximum Gasteiger partial charge on any atom is 0.264 e. The van der Waals surface area contributed by atoms with Gasteiger partial charge >= 0.3 is 0 Å². The van der Waals surface area contributed by atoms with Gasteiger partial charge in [-0.05, 0) is 30.4 Å². The van der Waals surface area contributed by atoms with Crippen LogP contribution in [0.2, 0.25) is 0 Å². The summed E-state index contributed by atoms with van der Waals surface area (Å²) in [4.78, 5) is 30.0. The lowest BCUT2D eigenvalue weighted by Crippen LogP contribution is -2.57. The number of fused-ring (bicyclic) bond motifs is 1. The van der Waals surface area contributed by atoms with Gasteiger partial charge in [0, 0.05) is 25.8 Å². The molecule has 0 bridgehead atoms. The van der Waals surface area contributed by atoms with Crippen LogP contribution in [0.5, 0.6) is 0 Å². The van der Waals surface area contributed by atoms with E-state index in [9.17, 15) is 4.79 Å². The summed E-state index contributed by atoms with van der Waals surface area (Å²) in [5, 5.41) is 3.01. The highest BCUT2D eigenvalue weighted by atomic mass is 32.1. The van der Waals surface area contributed by atoms with Gasteiger partial charge in [0.2, 0.25) is 0 Å². The van der Waals surface area contributed by atoms with Crippen LogP contribution in [-0.2, 0) is 0 Å². The number of piperazine rings is 1. The highest BCUT2D eigenvalue weighted by Crippen LogP contribution is 2.46. The lowest BCUT2D eigenvalue weighted by molar-refractivity contribution is 0.0629. The number of nitrogens with one attached hydrogen (secondary N) is 1. The van der Waals surface area contributed by atoms with Crippen LogP contribution in [0.25, 0.3) is 11.0 Å². The van der Waals surface area contributed by atoms with Crippen LogP contribution in [0.1, 0.15) is 22.5 Å². The van der Waals surface area contributed by atoms with Crippen molar-refractivity contribution < 1.29 is 4.79 Å². The average molecular weight is 339 g/mol. The molecule has 6 nitrogen and oxygen atoms in total. The van der Waals surface area contributed by atoms with Gasteiger partial charge in [0.15, 0.2) is 0 Å². The Morgan fingerprint density at radius 2 is 2.17 bits per heavy atom. The van der Waals surface area contributed by atoms with Crippen LogP contribution in [0.4, 0.5) is 5.82 Å². The molecule has 5 rings (SSSR count). The maximum atomic E-state index is 12.8. The summed E-state index contributed by atoms with van der Waals surface area (Å²) in [6, 6.07) is 5.88. The largest absolute Gasteiger partial charge is 0.352 e. The fraction of sp³-hybridized carbons (Fsp3) is 0.353. The fourth-order valence-corrected chi connectivity index (χ4v) is 4.36. The van der Waals surface area contributed by atoms with E-state index in [1.165, 1.54) is 11.3 Å². The molecule has 3 aromatic heterocycles. The number of aromatic amines is 1. The lowest BCUT2D eigenvalue weighted by Gasteiger charge is -2.42. The molecule has 1 amide bonds. The second-order valence-corrected chi connectivity index (χ2v) is 7.46. The van der Waals surface area contributed by atoms with Gasteiger partial charge in [-0.3, -0.25) is 4.79 Å². The minimum atomic E-state index is -0.0209. The molecular weight excluding hydrogens is 322 g/mol. The molecular formula is C17H17N5OS. The number of carbonyl (C=O) groups is 1. The average Bonchev–Trinajstić information content (AvgIpc) is 3.07. The molecule has 0 aromatic carbocycles. The van der Waals surface area contributed by atoms with E-state index in [-0.39, 0.29) is 11.4 Å². The van der Waals surface area contributed by atoms with Gasteiger partial charge in [-0.25, -0.2) is 9.97 Å². The number of aromatic nitrogens is 3. The normalized spacial score (nSPS) is 19.2. The van der Waals surface area contributed by atoms with E-state index in [4.69, 9.17) is 0 Å². The lowest BCUT2D eigenvalue weighted by atomic mass is 10.1. The van der Waals surface area contributed by atoms with Crippen molar-refractivity contribution in [2.75, 3.05) is 24.5 Å². The molecule has 1 saturated heterocycles. The summed E-state index contributed by atoms with van der Waals surface area (Å²) in [6.45, 7) is 2.39. The zero-order valence-corrected chi connectivity index (χ0v) is 13.9. The molecule has 24 heavy (non-hydrogen) atoms. The quantitative estimate of drug-likeness (QED) is 0.779. The Labute approximate surface area is 143 Å². The van der Waals surface area contributed by atoms with Gasteiger partial charge in [0.1, 0.15) is 17.8 Å². The van der Waals surface area contributed by atoms with Crippen molar-refractivity contribution >= 4 is 34.1 Å². The molecule has 1 spiro atoms. The van der Waals surface area contributed by atoms with Crippen molar-refractivity contribution in [3.8, 4) is 0 Å². The second kappa shape index (κ2) is 5.04.